The van der Waals surface area contributed by atoms with Crippen molar-refractivity contribution in [1.29, 1.82) is 0 Å². The molecular formula is C34H40N6O7S2. The van der Waals surface area contributed by atoms with E-state index in [2.05, 4.69) is 25.8 Å². The van der Waals surface area contributed by atoms with E-state index < -0.39 is 52.8 Å². The average Bonchev–Trinajstić information content (AvgIpc) is 3.47. The van der Waals surface area contributed by atoms with E-state index in [1.54, 1.807) is 41.5 Å². The highest BCUT2D eigenvalue weighted by molar-refractivity contribution is 8.00. The van der Waals surface area contributed by atoms with Gasteiger partial charge in [0.2, 0.25) is 11.1 Å². The second kappa shape index (κ2) is 14.9. The molecule has 15 heteroatoms. The SMILES string of the molecule is CC(C)(C)OC(=O)Nc1nc(SCCC2=C(C(=O)OC(c3ccccc3)c3ccccc3)N3C(=O)[C@@H](NC(=O)OC(C)(C)C)[C@H]3SC2)n[nH]1. The minimum Gasteiger partial charge on any atom is -0.448 e. The first-order valence-corrected chi connectivity index (χ1v) is 17.7. The first-order valence-electron chi connectivity index (χ1n) is 15.7. The van der Waals surface area contributed by atoms with E-state index in [1.807, 2.05) is 60.7 Å². The van der Waals surface area contributed by atoms with Crippen molar-refractivity contribution in [2.45, 2.75) is 81.8 Å². The molecule has 1 aromatic heterocycles. The van der Waals surface area contributed by atoms with Crippen LogP contribution in [0.15, 0.2) is 77.1 Å². The number of fused-ring (bicyclic) bond motifs is 1. The normalized spacial score (nSPS) is 17.6. The van der Waals surface area contributed by atoms with Crippen molar-refractivity contribution >= 4 is 53.5 Å². The first kappa shape index (κ1) is 35.8. The smallest absolute Gasteiger partial charge is 0.414 e. The van der Waals surface area contributed by atoms with Crippen LogP contribution in [-0.4, -0.2) is 78.3 Å². The van der Waals surface area contributed by atoms with Crippen LogP contribution in [0, 0.1) is 0 Å². The standard InChI is InChI=1S/C34H40N6O7S2/c1-33(2,3)46-31(43)35-23-26(41)40-24(28(42)45-25(20-13-9-7-10-14-20)21-15-11-8-12-16-21)22(19-49-27(23)40)17-18-48-30-36-29(38-39-30)37-32(44)47-34(4,5)6/h7-16,23,25,27H,17-19H2,1-6H3,(H,35,43)(H2,36,37,38,39,44)/t23-,27-/m1/s1. The second-order valence-electron chi connectivity index (χ2n) is 13.3. The summed E-state index contributed by atoms with van der Waals surface area (Å²) in [5, 5.41) is 11.9. The third-order valence-electron chi connectivity index (χ3n) is 7.06. The lowest BCUT2D eigenvalue weighted by Gasteiger charge is -2.49. The van der Waals surface area contributed by atoms with Crippen LogP contribution in [0.5, 0.6) is 0 Å². The quantitative estimate of drug-likeness (QED) is 0.0975. The Bertz CT molecular complexity index is 1660. The Kier molecular flexibility index (Phi) is 10.9. The molecule has 3 N–H and O–H groups in total. The second-order valence-corrected chi connectivity index (χ2v) is 15.5. The van der Waals surface area contributed by atoms with Crippen LogP contribution in [0.4, 0.5) is 15.5 Å². The van der Waals surface area contributed by atoms with Crippen molar-refractivity contribution in [2.24, 2.45) is 0 Å². The minimum absolute atomic E-state index is 0.138. The highest BCUT2D eigenvalue weighted by Crippen LogP contribution is 2.43. The lowest BCUT2D eigenvalue weighted by Crippen LogP contribution is -2.70. The summed E-state index contributed by atoms with van der Waals surface area (Å²) in [6.07, 6.45) is -1.68. The van der Waals surface area contributed by atoms with Crippen LogP contribution in [0.2, 0.25) is 0 Å². The van der Waals surface area contributed by atoms with Crippen molar-refractivity contribution in [2.75, 3.05) is 16.8 Å². The van der Waals surface area contributed by atoms with Gasteiger partial charge in [-0.1, -0.05) is 72.4 Å². The summed E-state index contributed by atoms with van der Waals surface area (Å²) in [5.74, 6) is -0.0495. The number of thioether (sulfide) groups is 2. The van der Waals surface area contributed by atoms with Crippen LogP contribution in [0.25, 0.3) is 0 Å². The number of nitrogens with zero attached hydrogens (tertiary/aromatic N) is 3. The Balaban J connectivity index is 1.35. The number of ether oxygens (including phenoxy) is 3. The van der Waals surface area contributed by atoms with Crippen molar-refractivity contribution in [1.82, 2.24) is 25.4 Å². The maximum atomic E-state index is 14.2. The van der Waals surface area contributed by atoms with Gasteiger partial charge in [0, 0.05) is 11.5 Å². The van der Waals surface area contributed by atoms with Gasteiger partial charge >= 0.3 is 18.2 Å². The molecule has 0 unspecified atom stereocenters. The zero-order chi connectivity index (χ0) is 35.3. The van der Waals surface area contributed by atoms with Gasteiger partial charge in [-0.2, -0.15) is 4.98 Å². The zero-order valence-corrected chi connectivity index (χ0v) is 29.8. The Morgan fingerprint density at radius 3 is 2.14 bits per heavy atom. The molecule has 5 rings (SSSR count). The number of alkyl carbamates (subject to hydrolysis) is 1. The van der Waals surface area contributed by atoms with Crippen LogP contribution < -0.4 is 10.6 Å². The predicted octanol–water partition coefficient (Wildman–Crippen LogP) is 6.03. The number of carbonyl (C=O) groups excluding carboxylic acids is 4. The number of hydrogen-bond donors (Lipinski definition) is 3. The van der Waals surface area contributed by atoms with Gasteiger partial charge < -0.3 is 19.5 Å². The van der Waals surface area contributed by atoms with Crippen LogP contribution in [-0.2, 0) is 23.8 Å². The van der Waals surface area contributed by atoms with E-state index in [4.69, 9.17) is 14.2 Å². The van der Waals surface area contributed by atoms with E-state index in [0.717, 1.165) is 11.1 Å². The fourth-order valence-corrected chi connectivity index (χ4v) is 7.26. The van der Waals surface area contributed by atoms with Gasteiger partial charge in [-0.05, 0) is 64.7 Å². The number of nitrogens with one attached hydrogen (secondary N) is 3. The molecule has 3 heterocycles. The molecule has 0 spiro atoms. The largest absolute Gasteiger partial charge is 0.448 e. The Morgan fingerprint density at radius 1 is 0.959 bits per heavy atom. The molecule has 0 bridgehead atoms. The molecule has 13 nitrogen and oxygen atoms in total. The van der Waals surface area contributed by atoms with Crippen LogP contribution in [0.1, 0.15) is 65.2 Å². The molecule has 49 heavy (non-hydrogen) atoms. The maximum Gasteiger partial charge on any atom is 0.414 e. The summed E-state index contributed by atoms with van der Waals surface area (Å²) in [7, 11) is 0. The molecule has 2 atom stereocenters. The number of aromatic nitrogens is 3. The predicted molar refractivity (Wildman–Crippen MR) is 186 cm³/mol. The highest BCUT2D eigenvalue weighted by Gasteiger charge is 2.55. The topological polar surface area (TPSA) is 165 Å². The summed E-state index contributed by atoms with van der Waals surface area (Å²) in [5.41, 5.74) is 1.02. The number of H-pyrrole nitrogens is 1. The molecule has 0 radical (unpaired) electrons. The number of β-lactam (4-membered cyclic amide) rings is 1. The lowest BCUT2D eigenvalue weighted by atomic mass is 10.00. The summed E-state index contributed by atoms with van der Waals surface area (Å²) in [6, 6.07) is 17.9. The van der Waals surface area contributed by atoms with E-state index in [0.29, 0.717) is 28.7 Å². The Hall–Kier alpha value is -4.50. The van der Waals surface area contributed by atoms with Gasteiger partial charge in [-0.3, -0.25) is 15.0 Å². The molecule has 2 aromatic carbocycles. The zero-order valence-electron chi connectivity index (χ0n) is 28.1. The van der Waals surface area contributed by atoms with E-state index >= 15 is 0 Å². The van der Waals surface area contributed by atoms with Gasteiger partial charge in [0.25, 0.3) is 5.91 Å². The van der Waals surface area contributed by atoms with Crippen molar-refractivity contribution in [3.63, 3.8) is 0 Å². The molecule has 0 saturated carbocycles. The molecule has 3 amide bonds. The van der Waals surface area contributed by atoms with Crippen LogP contribution >= 0.6 is 23.5 Å². The molecule has 2 aliphatic heterocycles. The third-order valence-corrected chi connectivity index (χ3v) is 9.25. The number of amides is 3. The van der Waals surface area contributed by atoms with Gasteiger partial charge in [0.05, 0.1) is 0 Å². The Labute approximate surface area is 293 Å². The fourth-order valence-electron chi connectivity index (χ4n) is 5.08. The number of aromatic amines is 1. The van der Waals surface area contributed by atoms with Crippen molar-refractivity contribution in [3.05, 3.63) is 83.1 Å². The average molecular weight is 709 g/mol. The first-order chi connectivity index (χ1) is 23.2. The number of rotatable bonds is 10. The van der Waals surface area contributed by atoms with Gasteiger partial charge in [0.1, 0.15) is 28.3 Å². The van der Waals surface area contributed by atoms with Crippen molar-refractivity contribution in [3.8, 4) is 0 Å². The molecule has 1 saturated heterocycles. The summed E-state index contributed by atoms with van der Waals surface area (Å²) in [6.45, 7) is 10.5. The van der Waals surface area contributed by atoms with Gasteiger partial charge in [-0.15, -0.1) is 16.9 Å². The molecular weight excluding hydrogens is 669 g/mol. The van der Waals surface area contributed by atoms with Gasteiger partial charge in [-0.25, -0.2) is 19.5 Å². The number of carbonyl (C=O) groups is 4. The van der Waals surface area contributed by atoms with Gasteiger partial charge in [0.15, 0.2) is 6.10 Å². The highest BCUT2D eigenvalue weighted by atomic mass is 32.2. The molecule has 2 aliphatic rings. The monoisotopic (exact) mass is 708 g/mol. The van der Waals surface area contributed by atoms with Crippen LogP contribution in [0.3, 0.4) is 0 Å². The summed E-state index contributed by atoms with van der Waals surface area (Å²) < 4.78 is 16.8. The number of hydrogen-bond acceptors (Lipinski definition) is 11. The van der Waals surface area contributed by atoms with E-state index in [1.165, 1.54) is 28.4 Å². The third kappa shape index (κ3) is 9.35. The Morgan fingerprint density at radius 2 is 1.55 bits per heavy atom. The molecule has 0 aliphatic carbocycles. The lowest BCUT2D eigenvalue weighted by molar-refractivity contribution is -0.153. The molecule has 1 fully saturated rings. The fraction of sp³-hybridized carbons (Fsp3) is 0.412. The van der Waals surface area contributed by atoms with E-state index in [9.17, 15) is 19.2 Å². The number of anilines is 1. The minimum atomic E-state index is -0.859. The van der Waals surface area contributed by atoms with E-state index in [-0.39, 0.29) is 11.6 Å². The summed E-state index contributed by atoms with van der Waals surface area (Å²) >= 11 is 2.76. The molecule has 260 valence electrons. The van der Waals surface area contributed by atoms with Crippen molar-refractivity contribution < 1.29 is 33.4 Å². The molecule has 3 aromatic rings. The number of esters is 1. The number of benzene rings is 2. The maximum absolute atomic E-state index is 14.2. The summed E-state index contributed by atoms with van der Waals surface area (Å²) in [4.78, 5) is 58.1.